The Kier molecular flexibility index (Phi) is 4.71. The Morgan fingerprint density at radius 2 is 1.60 bits per heavy atom. The Morgan fingerprint density at radius 3 is 2.10 bits per heavy atom. The van der Waals surface area contributed by atoms with Crippen LogP contribution in [0.3, 0.4) is 0 Å². The molecule has 2 aromatic carbocycles. The summed E-state index contributed by atoms with van der Waals surface area (Å²) in [6.45, 7) is 1.84. The van der Waals surface area contributed by atoms with Crippen molar-refractivity contribution in [3.63, 3.8) is 0 Å². The van der Waals surface area contributed by atoms with Crippen LogP contribution in [0.2, 0.25) is 0 Å². The van der Waals surface area contributed by atoms with Crippen molar-refractivity contribution in [3.8, 4) is 0 Å². The summed E-state index contributed by atoms with van der Waals surface area (Å²) in [6, 6.07) is 18.2. The van der Waals surface area contributed by atoms with Crippen molar-refractivity contribution in [1.29, 1.82) is 0 Å². The van der Waals surface area contributed by atoms with Gasteiger partial charge in [-0.25, -0.2) is 0 Å². The van der Waals surface area contributed by atoms with Gasteiger partial charge in [-0.05, 0) is 17.7 Å². The minimum absolute atomic E-state index is 0.201. The summed E-state index contributed by atoms with van der Waals surface area (Å²) < 4.78 is 0. The largest absolute Gasteiger partial charge is 0.372 e. The number of nitrogens with one attached hydrogen (secondary N) is 1. The molecule has 0 bridgehead atoms. The second-order valence-electron chi connectivity index (χ2n) is 4.66. The molecule has 0 unspecified atom stereocenters. The highest BCUT2D eigenvalue weighted by molar-refractivity contribution is 5.45. The zero-order chi connectivity index (χ0) is 14.4. The molecule has 2 rings (SSSR count). The summed E-state index contributed by atoms with van der Waals surface area (Å²) in [4.78, 5) is 11.1. The average Bonchev–Trinajstić information content (AvgIpc) is 2.48. The maximum Gasteiger partial charge on any atom is 0.236 e. The molecule has 0 saturated carbocycles. The van der Waals surface area contributed by atoms with Crippen LogP contribution in [0, 0.1) is 10.1 Å². The van der Waals surface area contributed by atoms with Gasteiger partial charge in [0.2, 0.25) is 6.04 Å². The molecule has 0 aliphatic heterocycles. The molecule has 0 saturated heterocycles. The van der Waals surface area contributed by atoms with Gasteiger partial charge in [0.25, 0.3) is 0 Å². The second-order valence-corrected chi connectivity index (χ2v) is 4.66. The van der Waals surface area contributed by atoms with Crippen LogP contribution in [0.1, 0.15) is 24.9 Å². The summed E-state index contributed by atoms with van der Waals surface area (Å²) >= 11 is 0. The molecular weight excluding hydrogens is 252 g/mol. The normalized spacial score (nSPS) is 13.4. The molecule has 4 nitrogen and oxygen atoms in total. The van der Waals surface area contributed by atoms with Crippen LogP contribution in [0.15, 0.2) is 60.7 Å². The fourth-order valence-electron chi connectivity index (χ4n) is 2.28. The zero-order valence-electron chi connectivity index (χ0n) is 11.4. The van der Waals surface area contributed by atoms with E-state index in [1.54, 1.807) is 0 Å². The molecule has 2 atom stereocenters. The van der Waals surface area contributed by atoms with E-state index < -0.39 is 6.04 Å². The molecule has 104 valence electrons. The first-order valence-corrected chi connectivity index (χ1v) is 6.72. The molecule has 0 aliphatic rings. The van der Waals surface area contributed by atoms with Crippen LogP contribution >= 0.6 is 0 Å². The van der Waals surface area contributed by atoms with Gasteiger partial charge in [0.15, 0.2) is 0 Å². The maximum atomic E-state index is 11.3. The summed E-state index contributed by atoms with van der Waals surface area (Å²) in [5, 5.41) is 14.6. The maximum absolute atomic E-state index is 11.3. The minimum Gasteiger partial charge on any atom is -0.372 e. The standard InChI is InChI=1S/C16H18N2O2/c1-2-15(18(19)20)16(13-9-5-3-6-10-13)17-14-11-7-4-8-12-14/h3-12,15-17H,2H2,1H3/t15-,16-/m0/s1. The van der Waals surface area contributed by atoms with Gasteiger partial charge < -0.3 is 5.32 Å². The fourth-order valence-corrected chi connectivity index (χ4v) is 2.28. The van der Waals surface area contributed by atoms with Crippen molar-refractivity contribution in [1.82, 2.24) is 0 Å². The number of anilines is 1. The van der Waals surface area contributed by atoms with Gasteiger partial charge in [0, 0.05) is 17.0 Å². The molecule has 2 aromatic rings. The summed E-state index contributed by atoms with van der Waals surface area (Å²) in [7, 11) is 0. The molecule has 20 heavy (non-hydrogen) atoms. The average molecular weight is 270 g/mol. The van der Waals surface area contributed by atoms with Crippen molar-refractivity contribution >= 4 is 5.69 Å². The van der Waals surface area contributed by atoms with E-state index in [4.69, 9.17) is 0 Å². The van der Waals surface area contributed by atoms with Gasteiger partial charge in [-0.15, -0.1) is 0 Å². The van der Waals surface area contributed by atoms with Gasteiger partial charge in [-0.1, -0.05) is 55.5 Å². The number of nitrogens with zero attached hydrogens (tertiary/aromatic N) is 1. The molecule has 1 N–H and O–H groups in total. The molecular formula is C16H18N2O2. The van der Waals surface area contributed by atoms with E-state index in [0.29, 0.717) is 6.42 Å². The third kappa shape index (κ3) is 3.35. The van der Waals surface area contributed by atoms with Crippen molar-refractivity contribution in [3.05, 3.63) is 76.3 Å². The van der Waals surface area contributed by atoms with Crippen molar-refractivity contribution in [2.45, 2.75) is 25.4 Å². The van der Waals surface area contributed by atoms with Crippen LogP contribution < -0.4 is 5.32 Å². The van der Waals surface area contributed by atoms with Crippen LogP contribution in [0.4, 0.5) is 5.69 Å². The second kappa shape index (κ2) is 6.70. The van der Waals surface area contributed by atoms with Gasteiger partial charge in [-0.3, -0.25) is 10.1 Å². The molecule has 0 fully saturated rings. The first-order chi connectivity index (χ1) is 9.72. The summed E-state index contributed by atoms with van der Waals surface area (Å²) in [5.74, 6) is 0. The van der Waals surface area contributed by atoms with Gasteiger partial charge >= 0.3 is 0 Å². The first-order valence-electron chi connectivity index (χ1n) is 6.72. The number of rotatable bonds is 6. The predicted molar refractivity (Wildman–Crippen MR) is 80.3 cm³/mol. The van der Waals surface area contributed by atoms with E-state index in [1.165, 1.54) is 0 Å². The summed E-state index contributed by atoms with van der Waals surface area (Å²) in [6.07, 6.45) is 0.479. The topological polar surface area (TPSA) is 55.2 Å². The monoisotopic (exact) mass is 270 g/mol. The van der Waals surface area contributed by atoms with Crippen molar-refractivity contribution in [2.24, 2.45) is 0 Å². The smallest absolute Gasteiger partial charge is 0.236 e. The van der Waals surface area contributed by atoms with E-state index in [2.05, 4.69) is 5.32 Å². The predicted octanol–water partition coefficient (Wildman–Crippen LogP) is 3.90. The quantitative estimate of drug-likeness (QED) is 0.640. The van der Waals surface area contributed by atoms with Crippen LogP contribution in [0.5, 0.6) is 0 Å². The van der Waals surface area contributed by atoms with Gasteiger partial charge in [0.1, 0.15) is 6.04 Å². The van der Waals surface area contributed by atoms with E-state index >= 15 is 0 Å². The SMILES string of the molecule is CC[C@@H]([C@@H](Nc1ccccc1)c1ccccc1)[N+](=O)[O-]. The highest BCUT2D eigenvalue weighted by Crippen LogP contribution is 2.25. The lowest BCUT2D eigenvalue weighted by Crippen LogP contribution is -2.32. The Labute approximate surface area is 118 Å². The molecule has 0 heterocycles. The molecule has 4 heteroatoms. The van der Waals surface area contributed by atoms with E-state index in [1.807, 2.05) is 67.6 Å². The number of para-hydroxylation sites is 1. The molecule has 0 radical (unpaired) electrons. The van der Waals surface area contributed by atoms with Crippen LogP contribution in [-0.2, 0) is 0 Å². The Hall–Kier alpha value is -2.36. The van der Waals surface area contributed by atoms with Gasteiger partial charge in [-0.2, -0.15) is 0 Å². The zero-order valence-corrected chi connectivity index (χ0v) is 11.4. The molecule has 0 aliphatic carbocycles. The lowest BCUT2D eigenvalue weighted by atomic mass is 9.97. The highest BCUT2D eigenvalue weighted by atomic mass is 16.6. The van der Waals surface area contributed by atoms with Crippen LogP contribution in [0.25, 0.3) is 0 Å². The van der Waals surface area contributed by atoms with E-state index in [0.717, 1.165) is 11.3 Å². The van der Waals surface area contributed by atoms with Crippen molar-refractivity contribution < 1.29 is 4.92 Å². The number of hydrogen-bond donors (Lipinski definition) is 1. The highest BCUT2D eigenvalue weighted by Gasteiger charge is 2.30. The molecule has 0 amide bonds. The third-order valence-electron chi connectivity index (χ3n) is 3.33. The Balaban J connectivity index is 2.31. The molecule has 0 spiro atoms. The van der Waals surface area contributed by atoms with Crippen LogP contribution in [-0.4, -0.2) is 11.0 Å². The molecule has 0 aromatic heterocycles. The van der Waals surface area contributed by atoms with Crippen molar-refractivity contribution in [2.75, 3.05) is 5.32 Å². The van der Waals surface area contributed by atoms with E-state index in [-0.39, 0.29) is 11.0 Å². The Morgan fingerprint density at radius 1 is 1.05 bits per heavy atom. The third-order valence-corrected chi connectivity index (χ3v) is 3.33. The number of benzene rings is 2. The number of nitro groups is 1. The lowest BCUT2D eigenvalue weighted by Gasteiger charge is -2.23. The van der Waals surface area contributed by atoms with E-state index in [9.17, 15) is 10.1 Å². The summed E-state index contributed by atoms with van der Waals surface area (Å²) in [5.41, 5.74) is 1.82. The number of hydrogen-bond acceptors (Lipinski definition) is 3. The Bertz CT molecular complexity index is 543. The fraction of sp³-hybridized carbons (Fsp3) is 0.250. The van der Waals surface area contributed by atoms with Gasteiger partial charge in [0.05, 0.1) is 0 Å². The minimum atomic E-state index is -0.655. The lowest BCUT2D eigenvalue weighted by molar-refractivity contribution is -0.526. The first kappa shape index (κ1) is 14.1.